The average Bonchev–Trinajstić information content (AvgIpc) is 2.54. The summed E-state index contributed by atoms with van der Waals surface area (Å²) in [4.78, 5) is 3.65. The molecule has 1 heterocycles. The van der Waals surface area contributed by atoms with Gasteiger partial charge in [-0.05, 0) is 32.2 Å². The monoisotopic (exact) mass is 213 g/mol. The number of nitrogens with zero attached hydrogens (tertiary/aromatic N) is 1. The third-order valence-corrected chi connectivity index (χ3v) is 3.03. The minimum Gasteiger partial charge on any atom is -0.392 e. The van der Waals surface area contributed by atoms with Crippen molar-refractivity contribution in [3.63, 3.8) is 0 Å². The zero-order chi connectivity index (χ0) is 10.6. The summed E-state index contributed by atoms with van der Waals surface area (Å²) in [5, 5.41) is 11.5. The molecule has 0 aliphatic carbocycles. The lowest BCUT2D eigenvalue weighted by Gasteiger charge is -2.27. The number of rotatable bonds is 5. The first-order chi connectivity index (χ1) is 6.59. The zero-order valence-corrected chi connectivity index (χ0v) is 9.92. The Hall–Kier alpha value is -0.380. The number of hydrogen-bond donors (Lipinski definition) is 1. The van der Waals surface area contributed by atoms with Gasteiger partial charge in [0.2, 0.25) is 0 Å². The number of thiophene rings is 1. The molecule has 14 heavy (non-hydrogen) atoms. The molecule has 0 bridgehead atoms. The van der Waals surface area contributed by atoms with Gasteiger partial charge in [-0.15, -0.1) is 11.3 Å². The molecule has 2 nitrogen and oxygen atoms in total. The van der Waals surface area contributed by atoms with Crippen molar-refractivity contribution in [2.24, 2.45) is 0 Å². The van der Waals surface area contributed by atoms with Crippen LogP contribution in [0.1, 0.15) is 25.6 Å². The highest BCUT2D eigenvalue weighted by Crippen LogP contribution is 2.14. The van der Waals surface area contributed by atoms with Crippen LogP contribution >= 0.6 is 11.3 Å². The Morgan fingerprint density at radius 2 is 2.14 bits per heavy atom. The summed E-state index contributed by atoms with van der Waals surface area (Å²) in [6.07, 6.45) is -0.252. The van der Waals surface area contributed by atoms with E-state index in [-0.39, 0.29) is 6.10 Å². The van der Waals surface area contributed by atoms with Gasteiger partial charge < -0.3 is 5.11 Å². The molecule has 1 aromatic rings. The van der Waals surface area contributed by atoms with Gasteiger partial charge in [-0.2, -0.15) is 0 Å². The maximum absolute atomic E-state index is 9.36. The van der Waals surface area contributed by atoms with E-state index in [0.29, 0.717) is 6.04 Å². The van der Waals surface area contributed by atoms with Crippen molar-refractivity contribution in [2.45, 2.75) is 39.5 Å². The van der Waals surface area contributed by atoms with Gasteiger partial charge in [-0.3, -0.25) is 4.90 Å². The Morgan fingerprint density at radius 1 is 1.43 bits per heavy atom. The van der Waals surface area contributed by atoms with E-state index < -0.39 is 0 Å². The lowest BCUT2D eigenvalue weighted by molar-refractivity contribution is 0.103. The summed E-state index contributed by atoms with van der Waals surface area (Å²) >= 11 is 1.77. The minimum absolute atomic E-state index is 0.252. The Balaban J connectivity index is 2.51. The smallest absolute Gasteiger partial charge is 0.0639 e. The highest BCUT2D eigenvalue weighted by molar-refractivity contribution is 7.09. The topological polar surface area (TPSA) is 23.5 Å². The highest BCUT2D eigenvalue weighted by Gasteiger charge is 2.12. The van der Waals surface area contributed by atoms with Crippen LogP contribution in [0.5, 0.6) is 0 Å². The maximum Gasteiger partial charge on any atom is 0.0639 e. The van der Waals surface area contributed by atoms with Crippen LogP contribution in [0.4, 0.5) is 0 Å². The van der Waals surface area contributed by atoms with Crippen molar-refractivity contribution >= 4 is 11.3 Å². The average molecular weight is 213 g/mol. The van der Waals surface area contributed by atoms with E-state index in [2.05, 4.69) is 36.3 Å². The SMILES string of the molecule is CC(O)CN(Cc1cccs1)C(C)C. The Bertz CT molecular complexity index is 244. The molecule has 0 saturated carbocycles. The molecule has 1 atom stereocenters. The molecule has 0 radical (unpaired) electrons. The maximum atomic E-state index is 9.36. The molecule has 0 saturated heterocycles. The van der Waals surface area contributed by atoms with E-state index in [1.165, 1.54) is 4.88 Å². The van der Waals surface area contributed by atoms with Crippen molar-refractivity contribution in [2.75, 3.05) is 6.54 Å². The first-order valence-corrected chi connectivity index (χ1v) is 5.92. The summed E-state index contributed by atoms with van der Waals surface area (Å²) in [6, 6.07) is 4.69. The quantitative estimate of drug-likeness (QED) is 0.811. The van der Waals surface area contributed by atoms with E-state index in [1.807, 2.05) is 6.92 Å². The summed E-state index contributed by atoms with van der Waals surface area (Å²) in [5.74, 6) is 0. The standard InChI is InChI=1S/C11H19NOS/c1-9(2)12(7-10(3)13)8-11-5-4-6-14-11/h4-6,9-10,13H,7-8H2,1-3H3. The molecule has 0 aliphatic heterocycles. The summed E-state index contributed by atoms with van der Waals surface area (Å²) in [5.41, 5.74) is 0. The van der Waals surface area contributed by atoms with E-state index in [9.17, 15) is 5.11 Å². The summed E-state index contributed by atoms with van der Waals surface area (Å²) in [6.45, 7) is 7.85. The molecule has 1 unspecified atom stereocenters. The minimum atomic E-state index is -0.252. The first kappa shape index (κ1) is 11.7. The largest absolute Gasteiger partial charge is 0.392 e. The number of hydrogen-bond acceptors (Lipinski definition) is 3. The second-order valence-electron chi connectivity index (χ2n) is 3.95. The van der Waals surface area contributed by atoms with Crippen LogP contribution in [-0.2, 0) is 6.54 Å². The van der Waals surface area contributed by atoms with Gasteiger partial charge >= 0.3 is 0 Å². The molecule has 3 heteroatoms. The normalized spacial score (nSPS) is 13.9. The lowest BCUT2D eigenvalue weighted by Crippen LogP contribution is -2.35. The number of aliphatic hydroxyl groups is 1. The van der Waals surface area contributed by atoms with Gasteiger partial charge in [0.25, 0.3) is 0 Å². The molecule has 0 fully saturated rings. The van der Waals surface area contributed by atoms with Gasteiger partial charge in [-0.25, -0.2) is 0 Å². The predicted octanol–water partition coefficient (Wildman–Crippen LogP) is 2.34. The van der Waals surface area contributed by atoms with E-state index >= 15 is 0 Å². The van der Waals surface area contributed by atoms with E-state index in [1.54, 1.807) is 11.3 Å². The third-order valence-electron chi connectivity index (χ3n) is 2.17. The van der Waals surface area contributed by atoms with Crippen LogP contribution in [0.3, 0.4) is 0 Å². The predicted molar refractivity (Wildman–Crippen MR) is 61.5 cm³/mol. The molecule has 0 amide bonds. The third kappa shape index (κ3) is 3.78. The fourth-order valence-corrected chi connectivity index (χ4v) is 2.13. The van der Waals surface area contributed by atoms with Crippen LogP contribution in [0.2, 0.25) is 0 Å². The summed E-state index contributed by atoms with van der Waals surface area (Å²) < 4.78 is 0. The Kier molecular flexibility index (Phi) is 4.58. The van der Waals surface area contributed by atoms with Crippen molar-refractivity contribution in [1.82, 2.24) is 4.90 Å². The van der Waals surface area contributed by atoms with Gasteiger partial charge in [-0.1, -0.05) is 6.07 Å². The highest BCUT2D eigenvalue weighted by atomic mass is 32.1. The van der Waals surface area contributed by atoms with Crippen molar-refractivity contribution in [1.29, 1.82) is 0 Å². The number of aliphatic hydroxyl groups excluding tert-OH is 1. The van der Waals surface area contributed by atoms with Crippen LogP contribution in [0, 0.1) is 0 Å². The second kappa shape index (κ2) is 5.49. The van der Waals surface area contributed by atoms with E-state index in [4.69, 9.17) is 0 Å². The molecule has 0 spiro atoms. The summed E-state index contributed by atoms with van der Waals surface area (Å²) in [7, 11) is 0. The molecule has 0 aromatic carbocycles. The van der Waals surface area contributed by atoms with Gasteiger partial charge in [0.1, 0.15) is 0 Å². The Morgan fingerprint density at radius 3 is 2.57 bits per heavy atom. The van der Waals surface area contributed by atoms with E-state index in [0.717, 1.165) is 13.1 Å². The molecule has 1 N–H and O–H groups in total. The molecule has 0 aliphatic rings. The molecule has 1 aromatic heterocycles. The fourth-order valence-electron chi connectivity index (χ4n) is 1.40. The van der Waals surface area contributed by atoms with Gasteiger partial charge in [0.05, 0.1) is 6.10 Å². The van der Waals surface area contributed by atoms with Crippen molar-refractivity contribution in [3.8, 4) is 0 Å². The second-order valence-corrected chi connectivity index (χ2v) is 4.98. The van der Waals surface area contributed by atoms with Crippen LogP contribution in [0.25, 0.3) is 0 Å². The molecule has 80 valence electrons. The molecular formula is C11H19NOS. The lowest BCUT2D eigenvalue weighted by atomic mass is 10.2. The van der Waals surface area contributed by atoms with Crippen molar-refractivity contribution < 1.29 is 5.11 Å². The van der Waals surface area contributed by atoms with Gasteiger partial charge in [0, 0.05) is 24.0 Å². The molecular weight excluding hydrogens is 194 g/mol. The zero-order valence-electron chi connectivity index (χ0n) is 9.10. The molecule has 1 rings (SSSR count). The van der Waals surface area contributed by atoms with Crippen LogP contribution in [0.15, 0.2) is 17.5 Å². The van der Waals surface area contributed by atoms with Crippen molar-refractivity contribution in [3.05, 3.63) is 22.4 Å². The fraction of sp³-hybridized carbons (Fsp3) is 0.636. The van der Waals surface area contributed by atoms with Crippen LogP contribution in [-0.4, -0.2) is 28.7 Å². The Labute approximate surface area is 90.2 Å². The van der Waals surface area contributed by atoms with Gasteiger partial charge in [0.15, 0.2) is 0 Å². The first-order valence-electron chi connectivity index (χ1n) is 5.04. The van der Waals surface area contributed by atoms with Crippen LogP contribution < -0.4 is 0 Å².